The van der Waals surface area contributed by atoms with Crippen molar-refractivity contribution in [2.24, 2.45) is 0 Å². The van der Waals surface area contributed by atoms with Crippen molar-refractivity contribution in [2.75, 3.05) is 0 Å². The fraction of sp³-hybridized carbons (Fsp3) is 0. The summed E-state index contributed by atoms with van der Waals surface area (Å²) < 4.78 is 2.80. The van der Waals surface area contributed by atoms with Crippen molar-refractivity contribution in [1.29, 1.82) is 0 Å². The maximum absolute atomic E-state index is 5.13. The second-order valence-corrected chi connectivity index (χ2v) is 15.8. The fourth-order valence-corrected chi connectivity index (χ4v) is 10.3. The standard InChI is InChI=1S/C51H33N3Se/c1-5-18-34(19-6-1)38-26-13-14-27-41(38)49-50(37-24-11-4-12-25-37)52-54-53-51(49)48-40(36-22-9-3-10-23-36)33-32-39(35-20-7-2-8-21-35)47(48)43-29-17-31-45-46(43)42-28-15-16-30-44(42)55-45/h1-33H. The normalized spacial score (nSPS) is 11.3. The van der Waals surface area contributed by atoms with Gasteiger partial charge in [0, 0.05) is 0 Å². The Kier molecular flexibility index (Phi) is 8.53. The van der Waals surface area contributed by atoms with E-state index in [2.05, 4.69) is 199 Å². The van der Waals surface area contributed by atoms with Gasteiger partial charge in [-0.15, -0.1) is 0 Å². The van der Waals surface area contributed by atoms with E-state index in [0.29, 0.717) is 0 Å². The third kappa shape index (κ3) is 5.89. The van der Waals surface area contributed by atoms with Crippen molar-refractivity contribution in [3.05, 3.63) is 200 Å². The Morgan fingerprint density at radius 1 is 0.291 bits per heavy atom. The molecular formula is C51H33N3Se. The van der Waals surface area contributed by atoms with Crippen LogP contribution in [0.3, 0.4) is 0 Å². The minimum atomic E-state index is 0.197. The van der Waals surface area contributed by atoms with Gasteiger partial charge in [-0.2, -0.15) is 0 Å². The van der Waals surface area contributed by atoms with Crippen LogP contribution in [0.2, 0.25) is 0 Å². The molecule has 2 heterocycles. The average Bonchev–Trinajstić information content (AvgIpc) is 3.66. The molecule has 0 aliphatic rings. The summed E-state index contributed by atoms with van der Waals surface area (Å²) >= 11 is 0.197. The van der Waals surface area contributed by atoms with Crippen molar-refractivity contribution < 1.29 is 0 Å². The molecule has 258 valence electrons. The number of rotatable bonds is 7. The van der Waals surface area contributed by atoms with Gasteiger partial charge in [-0.05, 0) is 0 Å². The molecule has 0 aliphatic heterocycles. The first kappa shape index (κ1) is 32.9. The van der Waals surface area contributed by atoms with Gasteiger partial charge < -0.3 is 0 Å². The molecule has 8 aromatic carbocycles. The van der Waals surface area contributed by atoms with E-state index in [4.69, 9.17) is 10.2 Å². The number of aromatic nitrogens is 3. The van der Waals surface area contributed by atoms with Gasteiger partial charge in [0.05, 0.1) is 0 Å². The molecule has 3 nitrogen and oxygen atoms in total. The van der Waals surface area contributed by atoms with Gasteiger partial charge in [-0.3, -0.25) is 0 Å². The van der Waals surface area contributed by atoms with Crippen molar-refractivity contribution in [3.8, 4) is 78.1 Å². The molecule has 0 N–H and O–H groups in total. The molecule has 0 bridgehead atoms. The van der Waals surface area contributed by atoms with Crippen LogP contribution >= 0.6 is 0 Å². The zero-order valence-electron chi connectivity index (χ0n) is 29.8. The summed E-state index contributed by atoms with van der Waals surface area (Å²) in [7, 11) is 0. The molecule has 0 aliphatic carbocycles. The molecule has 0 amide bonds. The Hall–Kier alpha value is -6.71. The molecule has 0 fully saturated rings. The molecule has 0 unspecified atom stereocenters. The van der Waals surface area contributed by atoms with E-state index in [-0.39, 0.29) is 14.5 Å². The number of hydrogen-bond donors (Lipinski definition) is 0. The molecular weight excluding hydrogens is 734 g/mol. The average molecular weight is 767 g/mol. The maximum atomic E-state index is 5.13. The predicted octanol–water partition coefficient (Wildman–Crippen LogP) is 12.9. The summed E-state index contributed by atoms with van der Waals surface area (Å²) in [5.74, 6) is 0. The van der Waals surface area contributed by atoms with E-state index >= 15 is 0 Å². The van der Waals surface area contributed by atoms with Crippen LogP contribution in [-0.2, 0) is 0 Å². The summed E-state index contributed by atoms with van der Waals surface area (Å²) in [5.41, 5.74) is 14.6. The van der Waals surface area contributed by atoms with Gasteiger partial charge in [-0.25, -0.2) is 0 Å². The number of fused-ring (bicyclic) bond motifs is 3. The van der Waals surface area contributed by atoms with E-state index < -0.39 is 0 Å². The molecule has 0 saturated carbocycles. The van der Waals surface area contributed by atoms with E-state index in [1.54, 1.807) is 0 Å². The molecule has 0 atom stereocenters. The zero-order valence-corrected chi connectivity index (χ0v) is 31.5. The Labute approximate surface area is 326 Å². The van der Waals surface area contributed by atoms with Crippen LogP contribution in [0.5, 0.6) is 0 Å². The van der Waals surface area contributed by atoms with Crippen LogP contribution in [0.1, 0.15) is 0 Å². The van der Waals surface area contributed by atoms with Crippen molar-refractivity contribution in [2.45, 2.75) is 0 Å². The Bertz CT molecular complexity index is 2960. The number of nitrogens with zero attached hydrogens (tertiary/aromatic N) is 3. The second-order valence-electron chi connectivity index (χ2n) is 13.6. The topological polar surface area (TPSA) is 38.7 Å². The van der Waals surface area contributed by atoms with E-state index in [0.717, 1.165) is 72.6 Å². The van der Waals surface area contributed by atoms with Crippen LogP contribution in [0.15, 0.2) is 200 Å². The fourth-order valence-electron chi connectivity index (χ4n) is 7.95. The van der Waals surface area contributed by atoms with Crippen molar-refractivity contribution in [1.82, 2.24) is 15.4 Å². The second kappa shape index (κ2) is 14.3. The quantitative estimate of drug-likeness (QED) is 0.152. The van der Waals surface area contributed by atoms with E-state index in [1.165, 1.54) is 24.9 Å². The predicted molar refractivity (Wildman–Crippen MR) is 230 cm³/mol. The minimum absolute atomic E-state index is 0.197. The van der Waals surface area contributed by atoms with Crippen LogP contribution in [0.25, 0.3) is 97.4 Å². The summed E-state index contributed by atoms with van der Waals surface area (Å²) in [6.45, 7) is 0. The molecule has 10 rings (SSSR count). The third-order valence-electron chi connectivity index (χ3n) is 10.4. The van der Waals surface area contributed by atoms with Crippen LogP contribution < -0.4 is 0 Å². The third-order valence-corrected chi connectivity index (χ3v) is 12.8. The summed E-state index contributed by atoms with van der Waals surface area (Å²) in [4.78, 5) is 0. The Balaban J connectivity index is 1.42. The number of benzene rings is 8. The van der Waals surface area contributed by atoms with Crippen molar-refractivity contribution >= 4 is 33.8 Å². The SMILES string of the molecule is c1ccc(-c2ccccc2-c2c(-c3ccccc3)nnnc2-c2c(-c3ccccc3)ccc(-c3ccccc3)c2-c2cccc3[se]c4ccccc4c23)cc1. The van der Waals surface area contributed by atoms with Gasteiger partial charge in [0.1, 0.15) is 0 Å². The Morgan fingerprint density at radius 2 is 0.764 bits per heavy atom. The van der Waals surface area contributed by atoms with Crippen LogP contribution in [-0.4, -0.2) is 29.9 Å². The molecule has 0 spiro atoms. The first-order valence-corrected chi connectivity index (χ1v) is 20.2. The zero-order chi connectivity index (χ0) is 36.6. The van der Waals surface area contributed by atoms with Crippen molar-refractivity contribution in [3.63, 3.8) is 0 Å². The monoisotopic (exact) mass is 767 g/mol. The van der Waals surface area contributed by atoms with Crippen LogP contribution in [0, 0.1) is 0 Å². The summed E-state index contributed by atoms with van der Waals surface area (Å²) in [6.07, 6.45) is 0. The molecule has 0 saturated heterocycles. The van der Waals surface area contributed by atoms with Gasteiger partial charge in [0.15, 0.2) is 0 Å². The summed E-state index contributed by atoms with van der Waals surface area (Å²) in [5, 5.41) is 17.2. The molecule has 55 heavy (non-hydrogen) atoms. The molecule has 0 radical (unpaired) electrons. The van der Waals surface area contributed by atoms with E-state index in [9.17, 15) is 0 Å². The first-order chi connectivity index (χ1) is 27.3. The number of hydrogen-bond acceptors (Lipinski definition) is 3. The Morgan fingerprint density at radius 3 is 1.42 bits per heavy atom. The van der Waals surface area contributed by atoms with Crippen LogP contribution in [0.4, 0.5) is 0 Å². The van der Waals surface area contributed by atoms with Gasteiger partial charge in [0.2, 0.25) is 0 Å². The molecule has 4 heteroatoms. The molecule has 10 aromatic rings. The molecule has 2 aromatic heterocycles. The summed E-state index contributed by atoms with van der Waals surface area (Å²) in [6, 6.07) is 71.4. The van der Waals surface area contributed by atoms with Gasteiger partial charge >= 0.3 is 321 Å². The first-order valence-electron chi connectivity index (χ1n) is 18.5. The van der Waals surface area contributed by atoms with Gasteiger partial charge in [0.25, 0.3) is 0 Å². The van der Waals surface area contributed by atoms with Gasteiger partial charge in [-0.1, -0.05) is 6.07 Å². The van der Waals surface area contributed by atoms with E-state index in [1.807, 2.05) is 6.07 Å².